The predicted octanol–water partition coefficient (Wildman–Crippen LogP) is 3.73. The number of aromatic nitrogens is 4. The van der Waals surface area contributed by atoms with E-state index in [4.69, 9.17) is 0 Å². The zero-order chi connectivity index (χ0) is 14.7. The minimum absolute atomic E-state index is 0.329. The summed E-state index contributed by atoms with van der Waals surface area (Å²) in [5.74, 6) is 0.839. The maximum atomic E-state index is 4.31. The molecule has 0 saturated heterocycles. The largest absolute Gasteiger partial charge is 0.305 e. The van der Waals surface area contributed by atoms with Crippen molar-refractivity contribution in [3.05, 3.63) is 60.4 Å². The summed E-state index contributed by atoms with van der Waals surface area (Å²) in [7, 11) is 1.99. The summed E-state index contributed by atoms with van der Waals surface area (Å²) in [6.07, 6.45) is 3.56. The number of thioether (sulfide) groups is 1. The summed E-state index contributed by atoms with van der Waals surface area (Å²) < 4.78 is 2.02. The van der Waals surface area contributed by atoms with Gasteiger partial charge in [0, 0.05) is 30.3 Å². The molecule has 3 rings (SSSR count). The van der Waals surface area contributed by atoms with E-state index in [-0.39, 0.29) is 0 Å². The van der Waals surface area contributed by atoms with Gasteiger partial charge in [0.25, 0.3) is 0 Å². The summed E-state index contributed by atoms with van der Waals surface area (Å²) in [4.78, 5) is 4.13. The fourth-order valence-electron chi connectivity index (χ4n) is 2.11. The molecule has 0 amide bonds. The van der Waals surface area contributed by atoms with Gasteiger partial charge < -0.3 is 4.57 Å². The van der Waals surface area contributed by atoms with Crippen LogP contribution in [0, 0.1) is 0 Å². The molecular formula is C16H16N4S. The van der Waals surface area contributed by atoms with Crippen molar-refractivity contribution in [2.45, 2.75) is 17.3 Å². The van der Waals surface area contributed by atoms with Gasteiger partial charge in [-0.1, -0.05) is 42.1 Å². The number of hydrogen-bond donors (Lipinski definition) is 0. The van der Waals surface area contributed by atoms with E-state index in [0.29, 0.717) is 5.25 Å². The monoisotopic (exact) mass is 296 g/mol. The Balaban J connectivity index is 1.83. The summed E-state index contributed by atoms with van der Waals surface area (Å²) in [6.45, 7) is 2.18. The molecule has 5 heteroatoms. The first-order valence-corrected chi connectivity index (χ1v) is 7.65. The number of rotatable bonds is 4. The third-order valence-corrected chi connectivity index (χ3v) is 4.50. The first-order valence-electron chi connectivity index (χ1n) is 6.77. The molecule has 2 aromatic heterocycles. The fourth-order valence-corrected chi connectivity index (χ4v) is 3.06. The summed E-state index contributed by atoms with van der Waals surface area (Å²) in [5, 5.41) is 9.83. The van der Waals surface area contributed by atoms with E-state index in [1.807, 2.05) is 29.8 Å². The van der Waals surface area contributed by atoms with Gasteiger partial charge in [-0.2, -0.15) is 0 Å². The first kappa shape index (κ1) is 13.8. The van der Waals surface area contributed by atoms with Crippen LogP contribution in [-0.2, 0) is 7.05 Å². The summed E-state index contributed by atoms with van der Waals surface area (Å²) in [5.41, 5.74) is 2.26. The normalized spacial score (nSPS) is 12.3. The maximum absolute atomic E-state index is 4.31. The molecule has 3 aromatic rings. The predicted molar refractivity (Wildman–Crippen MR) is 84.9 cm³/mol. The van der Waals surface area contributed by atoms with Gasteiger partial charge >= 0.3 is 0 Å². The van der Waals surface area contributed by atoms with E-state index in [9.17, 15) is 0 Å². The lowest BCUT2D eigenvalue weighted by Gasteiger charge is -2.10. The molecule has 0 spiro atoms. The molecule has 0 fully saturated rings. The lowest BCUT2D eigenvalue weighted by Crippen LogP contribution is -1.97. The van der Waals surface area contributed by atoms with E-state index in [1.165, 1.54) is 5.56 Å². The lowest BCUT2D eigenvalue weighted by molar-refractivity contribution is 0.790. The van der Waals surface area contributed by atoms with Gasteiger partial charge in [0.1, 0.15) is 0 Å². The average Bonchev–Trinajstić information content (AvgIpc) is 2.90. The molecule has 0 aliphatic rings. The Morgan fingerprint density at radius 3 is 2.57 bits per heavy atom. The van der Waals surface area contributed by atoms with Crippen molar-refractivity contribution in [1.82, 2.24) is 19.7 Å². The van der Waals surface area contributed by atoms with Crippen molar-refractivity contribution in [2.24, 2.45) is 7.05 Å². The third-order valence-electron chi connectivity index (χ3n) is 3.31. The van der Waals surface area contributed by atoms with Gasteiger partial charge in [-0.25, -0.2) is 0 Å². The molecule has 0 aliphatic carbocycles. The molecule has 0 N–H and O–H groups in total. The minimum atomic E-state index is 0.329. The lowest BCUT2D eigenvalue weighted by atomic mass is 10.2. The highest BCUT2D eigenvalue weighted by Crippen LogP contribution is 2.34. The smallest absolute Gasteiger partial charge is 0.191 e. The van der Waals surface area contributed by atoms with Crippen molar-refractivity contribution in [3.8, 4) is 11.4 Å². The van der Waals surface area contributed by atoms with Crippen LogP contribution in [0.2, 0.25) is 0 Å². The van der Waals surface area contributed by atoms with Crippen molar-refractivity contribution in [1.29, 1.82) is 0 Å². The SMILES string of the molecule is CC(Sc1nnc(-c2cccnc2)n1C)c1ccccc1. The van der Waals surface area contributed by atoms with Gasteiger partial charge in [-0.3, -0.25) is 4.98 Å². The van der Waals surface area contributed by atoms with Gasteiger partial charge in [0.2, 0.25) is 0 Å². The van der Waals surface area contributed by atoms with Crippen molar-refractivity contribution in [2.75, 3.05) is 0 Å². The molecular weight excluding hydrogens is 280 g/mol. The van der Waals surface area contributed by atoms with E-state index in [1.54, 1.807) is 24.2 Å². The Morgan fingerprint density at radius 1 is 1.05 bits per heavy atom. The Labute approximate surface area is 128 Å². The first-order chi connectivity index (χ1) is 10.3. The van der Waals surface area contributed by atoms with E-state index in [2.05, 4.69) is 46.4 Å². The molecule has 0 saturated carbocycles. The second-order valence-electron chi connectivity index (χ2n) is 4.78. The second kappa shape index (κ2) is 6.10. The molecule has 1 atom stereocenters. The van der Waals surface area contributed by atoms with Crippen molar-refractivity contribution >= 4 is 11.8 Å². The highest BCUT2D eigenvalue weighted by Gasteiger charge is 2.15. The number of hydrogen-bond acceptors (Lipinski definition) is 4. The van der Waals surface area contributed by atoms with E-state index >= 15 is 0 Å². The third kappa shape index (κ3) is 2.97. The molecule has 0 aliphatic heterocycles. The topological polar surface area (TPSA) is 43.6 Å². The molecule has 0 radical (unpaired) electrons. The zero-order valence-electron chi connectivity index (χ0n) is 12.0. The molecule has 106 valence electrons. The molecule has 0 bridgehead atoms. The quantitative estimate of drug-likeness (QED) is 0.688. The van der Waals surface area contributed by atoms with Gasteiger partial charge in [0.05, 0.1) is 0 Å². The summed E-state index contributed by atoms with van der Waals surface area (Å²) >= 11 is 1.71. The van der Waals surface area contributed by atoms with Gasteiger partial charge in [0.15, 0.2) is 11.0 Å². The number of pyridine rings is 1. The average molecular weight is 296 g/mol. The highest BCUT2D eigenvalue weighted by atomic mass is 32.2. The Bertz CT molecular complexity index is 710. The molecule has 4 nitrogen and oxygen atoms in total. The van der Waals surface area contributed by atoms with Crippen molar-refractivity contribution < 1.29 is 0 Å². The van der Waals surface area contributed by atoms with Crippen molar-refractivity contribution in [3.63, 3.8) is 0 Å². The Hall–Kier alpha value is -2.14. The zero-order valence-corrected chi connectivity index (χ0v) is 12.8. The maximum Gasteiger partial charge on any atom is 0.191 e. The Kier molecular flexibility index (Phi) is 4.01. The van der Waals surface area contributed by atoms with Crippen LogP contribution in [0.1, 0.15) is 17.7 Å². The van der Waals surface area contributed by atoms with Crippen LogP contribution in [0.15, 0.2) is 60.0 Å². The molecule has 1 unspecified atom stereocenters. The molecule has 1 aromatic carbocycles. The fraction of sp³-hybridized carbons (Fsp3) is 0.188. The van der Waals surface area contributed by atoms with Crippen LogP contribution in [0.5, 0.6) is 0 Å². The van der Waals surface area contributed by atoms with Crippen LogP contribution in [-0.4, -0.2) is 19.7 Å². The van der Waals surface area contributed by atoms with Crippen LogP contribution in [0.25, 0.3) is 11.4 Å². The number of nitrogens with zero attached hydrogens (tertiary/aromatic N) is 4. The minimum Gasteiger partial charge on any atom is -0.305 e. The molecule has 2 heterocycles. The van der Waals surface area contributed by atoms with E-state index in [0.717, 1.165) is 16.5 Å². The summed E-state index contributed by atoms with van der Waals surface area (Å²) in [6, 6.07) is 14.3. The van der Waals surface area contributed by atoms with Crippen LogP contribution in [0.3, 0.4) is 0 Å². The highest BCUT2D eigenvalue weighted by molar-refractivity contribution is 7.99. The second-order valence-corrected chi connectivity index (χ2v) is 6.09. The molecule has 21 heavy (non-hydrogen) atoms. The van der Waals surface area contributed by atoms with Gasteiger partial charge in [-0.15, -0.1) is 10.2 Å². The Morgan fingerprint density at radius 2 is 1.86 bits per heavy atom. The van der Waals surface area contributed by atoms with Crippen LogP contribution in [0.4, 0.5) is 0 Å². The van der Waals surface area contributed by atoms with Gasteiger partial charge in [-0.05, 0) is 24.6 Å². The van der Waals surface area contributed by atoms with Crippen LogP contribution < -0.4 is 0 Å². The van der Waals surface area contributed by atoms with E-state index < -0.39 is 0 Å². The standard InChI is InChI=1S/C16H16N4S/c1-12(13-7-4-3-5-8-13)21-16-19-18-15(20(16)2)14-9-6-10-17-11-14/h3-12H,1-2H3. The van der Waals surface area contributed by atoms with Crippen LogP contribution >= 0.6 is 11.8 Å². The number of benzene rings is 1.